The molecule has 0 amide bonds. The van der Waals surface area contributed by atoms with Crippen molar-refractivity contribution in [3.63, 3.8) is 0 Å². The summed E-state index contributed by atoms with van der Waals surface area (Å²) < 4.78 is 4.92. The van der Waals surface area contributed by atoms with E-state index in [1.54, 1.807) is 0 Å². The average molecular weight is 354 g/mol. The van der Waals surface area contributed by atoms with Crippen molar-refractivity contribution in [1.29, 1.82) is 0 Å². The van der Waals surface area contributed by atoms with E-state index in [1.165, 1.54) is 18.2 Å². The summed E-state index contributed by atoms with van der Waals surface area (Å²) in [5.74, 6) is -2.99. The molecule has 25 heavy (non-hydrogen) atoms. The van der Waals surface area contributed by atoms with E-state index in [1.807, 2.05) is 0 Å². The molecule has 4 atom stereocenters. The Morgan fingerprint density at radius 3 is 2.28 bits per heavy atom. The van der Waals surface area contributed by atoms with Gasteiger partial charge in [-0.25, -0.2) is 9.59 Å². The van der Waals surface area contributed by atoms with Crippen LogP contribution in [0.4, 0.5) is 0 Å². The van der Waals surface area contributed by atoms with Crippen molar-refractivity contribution >= 4 is 18.0 Å². The van der Waals surface area contributed by atoms with Gasteiger partial charge in [0.1, 0.15) is 23.7 Å². The van der Waals surface area contributed by atoms with Crippen LogP contribution in [0.2, 0.25) is 0 Å². The highest BCUT2D eigenvalue weighted by Gasteiger charge is 2.50. The van der Waals surface area contributed by atoms with Gasteiger partial charge in [0.2, 0.25) is 0 Å². The molecule has 0 aliphatic heterocycles. The van der Waals surface area contributed by atoms with Crippen LogP contribution in [0.15, 0.2) is 24.3 Å². The van der Waals surface area contributed by atoms with E-state index >= 15 is 0 Å². The van der Waals surface area contributed by atoms with Gasteiger partial charge in [-0.3, -0.25) is 0 Å². The predicted octanol–water partition coefficient (Wildman–Crippen LogP) is -0.646. The van der Waals surface area contributed by atoms with Crippen LogP contribution < -0.4 is 0 Å². The molecule has 1 aliphatic carbocycles. The number of hydrogen-bond acceptors (Lipinski definition) is 8. The van der Waals surface area contributed by atoms with Crippen LogP contribution >= 0.6 is 0 Å². The Kier molecular flexibility index (Phi) is 5.31. The number of carbonyl (C=O) groups excluding carboxylic acids is 1. The number of carboxylic acids is 1. The summed E-state index contributed by atoms with van der Waals surface area (Å²) in [6, 6.07) is 3.64. The van der Waals surface area contributed by atoms with Crippen molar-refractivity contribution in [3.8, 4) is 11.5 Å². The van der Waals surface area contributed by atoms with Crippen molar-refractivity contribution in [2.45, 2.75) is 36.8 Å². The number of phenolic OH excluding ortho intramolecular Hbond substituents is 2. The zero-order valence-corrected chi connectivity index (χ0v) is 12.9. The van der Waals surface area contributed by atoms with E-state index in [0.29, 0.717) is 5.56 Å². The number of phenols is 2. The maximum Gasteiger partial charge on any atom is 0.335 e. The molecular formula is C16H18O9. The second-order valence-corrected chi connectivity index (χ2v) is 5.89. The Hall–Kier alpha value is -2.62. The number of carboxylic acid groups (broad SMARTS) is 1. The zero-order valence-electron chi connectivity index (χ0n) is 12.9. The molecule has 0 aromatic heterocycles. The Bertz CT molecular complexity index is 679. The summed E-state index contributed by atoms with van der Waals surface area (Å²) in [5, 5.41) is 57.2. The molecule has 0 bridgehead atoms. The second kappa shape index (κ2) is 7.09. The van der Waals surface area contributed by atoms with Crippen LogP contribution in [0.1, 0.15) is 18.4 Å². The lowest BCUT2D eigenvalue weighted by atomic mass is 9.79. The molecule has 1 saturated carbocycles. The minimum atomic E-state index is -2.32. The quantitative estimate of drug-likeness (QED) is 0.304. The van der Waals surface area contributed by atoms with Gasteiger partial charge >= 0.3 is 11.9 Å². The van der Waals surface area contributed by atoms with E-state index in [0.717, 1.165) is 12.1 Å². The monoisotopic (exact) mass is 354 g/mol. The van der Waals surface area contributed by atoms with Gasteiger partial charge in [-0.05, 0) is 23.8 Å². The first-order chi connectivity index (χ1) is 11.6. The number of carbonyl (C=O) groups is 2. The van der Waals surface area contributed by atoms with Gasteiger partial charge in [0.15, 0.2) is 5.60 Å². The summed E-state index contributed by atoms with van der Waals surface area (Å²) in [6.45, 7) is 0. The Balaban J connectivity index is 2.07. The molecule has 0 unspecified atom stereocenters. The molecule has 6 N–H and O–H groups in total. The fraction of sp³-hybridized carbons (Fsp3) is 0.375. The van der Waals surface area contributed by atoms with Crippen molar-refractivity contribution < 1.29 is 45.0 Å². The normalized spacial score (nSPS) is 29.5. The van der Waals surface area contributed by atoms with Gasteiger partial charge in [-0.15, -0.1) is 0 Å². The van der Waals surface area contributed by atoms with Crippen molar-refractivity contribution in [2.75, 3.05) is 0 Å². The number of benzene rings is 1. The van der Waals surface area contributed by atoms with E-state index in [4.69, 9.17) is 9.84 Å². The molecule has 1 aromatic rings. The highest BCUT2D eigenvalue weighted by molar-refractivity contribution is 5.87. The number of aliphatic hydroxyl groups excluding tert-OH is 2. The molecule has 2 rings (SSSR count). The first-order valence-electron chi connectivity index (χ1n) is 7.34. The molecule has 1 fully saturated rings. The topological polar surface area (TPSA) is 165 Å². The molecule has 9 nitrogen and oxygen atoms in total. The number of hydrogen-bond donors (Lipinski definition) is 6. The van der Waals surface area contributed by atoms with Crippen molar-refractivity contribution in [2.24, 2.45) is 0 Å². The van der Waals surface area contributed by atoms with E-state index in [9.17, 15) is 35.1 Å². The van der Waals surface area contributed by atoms with Gasteiger partial charge in [0, 0.05) is 25.0 Å². The van der Waals surface area contributed by atoms with Crippen molar-refractivity contribution in [1.82, 2.24) is 0 Å². The second-order valence-electron chi connectivity index (χ2n) is 5.89. The molecule has 1 aliphatic rings. The van der Waals surface area contributed by atoms with Crippen LogP contribution in [0.25, 0.3) is 6.08 Å². The first-order valence-corrected chi connectivity index (χ1v) is 7.34. The molecule has 9 heteroatoms. The third-order valence-electron chi connectivity index (χ3n) is 3.86. The lowest BCUT2D eigenvalue weighted by Gasteiger charge is -2.39. The number of aromatic hydroxyl groups is 2. The third kappa shape index (κ3) is 4.47. The highest BCUT2D eigenvalue weighted by Crippen LogP contribution is 2.31. The van der Waals surface area contributed by atoms with Crippen LogP contribution in [-0.2, 0) is 14.3 Å². The van der Waals surface area contributed by atoms with Gasteiger partial charge in [-0.2, -0.15) is 0 Å². The van der Waals surface area contributed by atoms with Gasteiger partial charge < -0.3 is 35.4 Å². The van der Waals surface area contributed by atoms with Gasteiger partial charge in [-0.1, -0.05) is 0 Å². The molecule has 0 saturated heterocycles. The van der Waals surface area contributed by atoms with E-state index in [-0.39, 0.29) is 11.5 Å². The number of ether oxygens (including phenoxy) is 1. The number of aliphatic hydroxyl groups is 3. The average Bonchev–Trinajstić information content (AvgIpc) is 2.49. The first kappa shape index (κ1) is 18.7. The summed E-state index contributed by atoms with van der Waals surface area (Å²) in [6.07, 6.45) is -3.54. The summed E-state index contributed by atoms with van der Waals surface area (Å²) in [4.78, 5) is 22.9. The summed E-state index contributed by atoms with van der Waals surface area (Å²) in [7, 11) is 0. The largest absolute Gasteiger partial charge is 0.508 e. The SMILES string of the molecule is O=C(/C=C/c1cc(O)cc(O)c1)O[C@@H]1C[C@](O)(C(=O)O)C[C@@H](O)[C@H]1O. The van der Waals surface area contributed by atoms with Crippen LogP contribution in [0.3, 0.4) is 0 Å². The van der Waals surface area contributed by atoms with Gasteiger partial charge in [0.25, 0.3) is 0 Å². The molecule has 0 heterocycles. The maximum absolute atomic E-state index is 11.8. The van der Waals surface area contributed by atoms with E-state index < -0.39 is 48.7 Å². The van der Waals surface area contributed by atoms with Crippen molar-refractivity contribution in [3.05, 3.63) is 29.8 Å². The summed E-state index contributed by atoms with van der Waals surface area (Å²) >= 11 is 0. The minimum Gasteiger partial charge on any atom is -0.508 e. The highest BCUT2D eigenvalue weighted by atomic mass is 16.6. The maximum atomic E-state index is 11.8. The molecular weight excluding hydrogens is 336 g/mol. The van der Waals surface area contributed by atoms with E-state index in [2.05, 4.69) is 0 Å². The Labute approximate surface area is 142 Å². The van der Waals surface area contributed by atoms with Gasteiger partial charge in [0.05, 0.1) is 6.10 Å². The fourth-order valence-corrected chi connectivity index (χ4v) is 2.60. The smallest absolute Gasteiger partial charge is 0.335 e. The number of esters is 1. The number of rotatable bonds is 4. The molecule has 0 radical (unpaired) electrons. The standard InChI is InChI=1S/C16H18O9/c17-9-3-8(4-10(18)5-9)1-2-13(20)25-12-7-16(24,15(22)23)6-11(19)14(12)21/h1-5,11-12,14,17-19,21,24H,6-7H2,(H,22,23)/b2-1+/t11-,12-,14-,16+/m1/s1. The predicted molar refractivity (Wildman–Crippen MR) is 82.5 cm³/mol. The fourth-order valence-electron chi connectivity index (χ4n) is 2.60. The van der Waals surface area contributed by atoms with Crippen LogP contribution in [0.5, 0.6) is 11.5 Å². The Morgan fingerprint density at radius 1 is 1.12 bits per heavy atom. The molecule has 1 aromatic carbocycles. The zero-order chi connectivity index (χ0) is 18.8. The number of aliphatic carboxylic acids is 1. The Morgan fingerprint density at radius 2 is 1.72 bits per heavy atom. The summed E-state index contributed by atoms with van der Waals surface area (Å²) in [5.41, 5.74) is -2.02. The molecule has 0 spiro atoms. The lowest BCUT2D eigenvalue weighted by molar-refractivity contribution is -0.196. The lowest BCUT2D eigenvalue weighted by Crippen LogP contribution is -2.57. The van der Waals surface area contributed by atoms with Crippen LogP contribution in [0, 0.1) is 0 Å². The van der Waals surface area contributed by atoms with Crippen LogP contribution in [-0.4, -0.2) is 66.5 Å². The minimum absolute atomic E-state index is 0.217. The third-order valence-corrected chi connectivity index (χ3v) is 3.86. The molecule has 136 valence electrons.